The molecule has 2 bridgehead atoms. The van der Waals surface area contributed by atoms with E-state index in [0.29, 0.717) is 18.8 Å². The predicted molar refractivity (Wildman–Crippen MR) is 185 cm³/mol. The maximum Gasteiger partial charge on any atom is 0.407 e. The lowest BCUT2D eigenvalue weighted by atomic mass is 9.43. The van der Waals surface area contributed by atoms with E-state index in [1.165, 1.54) is 0 Å². The number of carbonyl (C=O) groups is 2. The Morgan fingerprint density at radius 3 is 2.11 bits per heavy atom. The first-order valence-electron chi connectivity index (χ1n) is 17.3. The van der Waals surface area contributed by atoms with Crippen LogP contribution in [-0.4, -0.2) is 66.6 Å². The number of carbonyl (C=O) groups excluding carboxylic acids is 2. The lowest BCUT2D eigenvalue weighted by molar-refractivity contribution is -0.234. The number of benzene rings is 2. The molecule has 1 radical (unpaired) electrons. The molecule has 8 nitrogen and oxygen atoms in total. The Balaban J connectivity index is 1.27. The fourth-order valence-corrected chi connectivity index (χ4v) is 8.23. The molecular formula is C38H54BN2O6. The molecule has 0 aromatic heterocycles. The summed E-state index contributed by atoms with van der Waals surface area (Å²) in [5.74, 6) is 0.0435. The van der Waals surface area contributed by atoms with E-state index in [0.717, 1.165) is 28.7 Å². The van der Waals surface area contributed by atoms with E-state index < -0.39 is 41.5 Å². The molecule has 0 saturated heterocycles. The first-order valence-corrected chi connectivity index (χ1v) is 17.3. The molecule has 4 aliphatic rings. The predicted octanol–water partition coefficient (Wildman–Crippen LogP) is 6.41. The minimum atomic E-state index is -1.02. The van der Waals surface area contributed by atoms with Crippen molar-refractivity contribution in [2.24, 2.45) is 23.2 Å². The van der Waals surface area contributed by atoms with Gasteiger partial charge in [-0.2, -0.15) is 0 Å². The van der Waals surface area contributed by atoms with Crippen molar-refractivity contribution in [3.8, 4) is 11.1 Å². The highest BCUT2D eigenvalue weighted by Gasteiger charge is 2.63. The summed E-state index contributed by atoms with van der Waals surface area (Å²) in [5, 5.41) is 17.0. The van der Waals surface area contributed by atoms with Crippen molar-refractivity contribution in [3.05, 3.63) is 59.7 Å². The van der Waals surface area contributed by atoms with E-state index >= 15 is 0 Å². The van der Waals surface area contributed by atoms with E-state index in [2.05, 4.69) is 62.6 Å². The molecule has 4 aliphatic carbocycles. The van der Waals surface area contributed by atoms with Gasteiger partial charge in [-0.1, -0.05) is 76.2 Å². The number of aliphatic hydroxyl groups excluding tert-OH is 1. The Kier molecular flexibility index (Phi) is 10.2. The molecule has 7 atom stereocenters. The van der Waals surface area contributed by atoms with Crippen LogP contribution in [0.1, 0.15) is 98.6 Å². The summed E-state index contributed by atoms with van der Waals surface area (Å²) >= 11 is 0. The van der Waals surface area contributed by atoms with Crippen molar-refractivity contribution in [3.63, 3.8) is 0 Å². The van der Waals surface area contributed by atoms with Crippen LogP contribution in [0.3, 0.4) is 0 Å². The van der Waals surface area contributed by atoms with Gasteiger partial charge in [0.15, 0.2) is 0 Å². The standard InChI is InChI=1S/C38H54BN2O6/c1-22(2)18-32(39-47-38(9)30-19-24(20-31(38)42)37(30,7)8)40-34(43)33(23(3)46-36(4,5)6)41-35(44)45-21-29-27-16-12-10-14-25(27)26-15-11-13-17-28(26)29/h10-17,22-24,29-33,42H,18-21H2,1-9H3,(H,40,43)(H,41,44)/t23-,24+,30+,31-,32+,33+,38+/m1/s1. The second-order valence-electron chi connectivity index (χ2n) is 16.1. The van der Waals surface area contributed by atoms with Crippen molar-refractivity contribution in [2.75, 3.05) is 6.61 Å². The molecule has 3 saturated carbocycles. The van der Waals surface area contributed by atoms with Gasteiger partial charge in [-0.15, -0.1) is 0 Å². The average Bonchev–Trinajstić information content (AvgIpc) is 3.31. The molecule has 2 aromatic carbocycles. The summed E-state index contributed by atoms with van der Waals surface area (Å²) in [6.45, 7) is 18.3. The summed E-state index contributed by atoms with van der Waals surface area (Å²) in [6.07, 6.45) is 0.458. The molecular weight excluding hydrogens is 591 g/mol. The fraction of sp³-hybridized carbons (Fsp3) is 0.632. The molecule has 3 fully saturated rings. The Labute approximate surface area is 282 Å². The highest BCUT2D eigenvalue weighted by atomic mass is 16.6. The molecule has 9 heteroatoms. The maximum absolute atomic E-state index is 14.0. The molecule has 2 aromatic rings. The van der Waals surface area contributed by atoms with Crippen LogP contribution in [0.2, 0.25) is 0 Å². The van der Waals surface area contributed by atoms with E-state index in [4.69, 9.17) is 14.1 Å². The Morgan fingerprint density at radius 2 is 1.55 bits per heavy atom. The van der Waals surface area contributed by atoms with Crippen LogP contribution in [0.4, 0.5) is 4.79 Å². The van der Waals surface area contributed by atoms with E-state index in [-0.39, 0.29) is 35.7 Å². The third-order valence-corrected chi connectivity index (χ3v) is 10.8. The Morgan fingerprint density at radius 1 is 0.957 bits per heavy atom. The number of fused-ring (bicyclic) bond motifs is 5. The van der Waals surface area contributed by atoms with Crippen LogP contribution in [0, 0.1) is 23.2 Å². The van der Waals surface area contributed by atoms with Gasteiger partial charge in [0.2, 0.25) is 5.91 Å². The minimum Gasteiger partial charge on any atom is -0.449 e. The third kappa shape index (κ3) is 7.42. The molecule has 47 heavy (non-hydrogen) atoms. The van der Waals surface area contributed by atoms with Gasteiger partial charge in [0.25, 0.3) is 0 Å². The largest absolute Gasteiger partial charge is 0.449 e. The molecule has 0 spiro atoms. The van der Waals surface area contributed by atoms with Crippen molar-refractivity contribution in [1.29, 1.82) is 0 Å². The van der Waals surface area contributed by atoms with Gasteiger partial charge in [-0.3, -0.25) is 4.79 Å². The number of hydrogen-bond donors (Lipinski definition) is 3. The lowest BCUT2D eigenvalue weighted by Crippen LogP contribution is -2.68. The first-order chi connectivity index (χ1) is 22.0. The smallest absolute Gasteiger partial charge is 0.407 e. The van der Waals surface area contributed by atoms with Gasteiger partial charge in [-0.05, 0) is 99.3 Å². The number of ether oxygens (including phenoxy) is 2. The van der Waals surface area contributed by atoms with E-state index in [1.54, 1.807) is 14.4 Å². The fourth-order valence-electron chi connectivity index (χ4n) is 8.23. The summed E-state index contributed by atoms with van der Waals surface area (Å²) in [6, 6.07) is 15.3. The molecule has 255 valence electrons. The quantitative estimate of drug-likeness (QED) is 0.231. The van der Waals surface area contributed by atoms with Crippen LogP contribution in [0.25, 0.3) is 11.1 Å². The van der Waals surface area contributed by atoms with Gasteiger partial charge in [-0.25, -0.2) is 4.79 Å². The van der Waals surface area contributed by atoms with Crippen LogP contribution in [0.5, 0.6) is 0 Å². The van der Waals surface area contributed by atoms with Crippen LogP contribution in [-0.2, 0) is 18.9 Å². The minimum absolute atomic E-state index is 0.0936. The zero-order chi connectivity index (χ0) is 34.3. The highest BCUT2D eigenvalue weighted by molar-refractivity contribution is 6.30. The van der Waals surface area contributed by atoms with Gasteiger partial charge < -0.3 is 29.9 Å². The Hall–Kier alpha value is -2.88. The first kappa shape index (κ1) is 35.4. The number of nitrogens with one attached hydrogen (secondary N) is 2. The number of rotatable bonds is 12. The topological polar surface area (TPSA) is 106 Å². The third-order valence-electron chi connectivity index (χ3n) is 10.8. The van der Waals surface area contributed by atoms with Crippen LogP contribution >= 0.6 is 0 Å². The number of alkyl carbamates (subject to hydrolysis) is 1. The summed E-state index contributed by atoms with van der Waals surface area (Å²) in [4.78, 5) is 27.3. The number of hydrogen-bond acceptors (Lipinski definition) is 6. The molecule has 3 N–H and O–H groups in total. The monoisotopic (exact) mass is 645 g/mol. The normalized spacial score (nSPS) is 26.3. The summed E-state index contributed by atoms with van der Waals surface area (Å²) in [5.41, 5.74) is 3.33. The van der Waals surface area contributed by atoms with Gasteiger partial charge in [0, 0.05) is 11.9 Å². The molecule has 0 heterocycles. The van der Waals surface area contributed by atoms with Gasteiger partial charge in [0.1, 0.15) is 12.6 Å². The number of amides is 2. The van der Waals surface area contributed by atoms with Crippen molar-refractivity contribution >= 4 is 19.5 Å². The van der Waals surface area contributed by atoms with Gasteiger partial charge in [0.05, 0.1) is 23.4 Å². The summed E-state index contributed by atoms with van der Waals surface area (Å²) < 4.78 is 18.4. The second kappa shape index (κ2) is 13.6. The van der Waals surface area contributed by atoms with Crippen molar-refractivity contribution in [1.82, 2.24) is 10.6 Å². The van der Waals surface area contributed by atoms with E-state index in [9.17, 15) is 14.7 Å². The molecule has 0 unspecified atom stereocenters. The molecule has 6 rings (SSSR count). The maximum atomic E-state index is 14.0. The average molecular weight is 646 g/mol. The highest BCUT2D eigenvalue weighted by Crippen LogP contribution is 2.63. The van der Waals surface area contributed by atoms with E-state index in [1.807, 2.05) is 52.0 Å². The van der Waals surface area contributed by atoms with Crippen LogP contribution in [0.15, 0.2) is 48.5 Å². The SMILES string of the molecule is CC(C)C[C@@H]([B]O[C@]1(C)[C@H](O)C[C@@H]2C[C@H]1C2(C)C)NC(=O)[C@@H](NC(=O)OCC1c2ccccc2-c2ccccc21)[C@@H](C)OC(C)(C)C. The Bertz CT molecular complexity index is 1390. The zero-order valence-electron chi connectivity index (χ0n) is 29.6. The number of aliphatic hydroxyl groups is 1. The molecule has 2 amide bonds. The molecule has 0 aliphatic heterocycles. The van der Waals surface area contributed by atoms with Crippen molar-refractivity contribution < 1.29 is 28.8 Å². The zero-order valence-corrected chi connectivity index (χ0v) is 29.6. The van der Waals surface area contributed by atoms with Gasteiger partial charge >= 0.3 is 13.6 Å². The summed E-state index contributed by atoms with van der Waals surface area (Å²) in [7, 11) is 1.69. The van der Waals surface area contributed by atoms with Crippen LogP contribution < -0.4 is 10.6 Å². The van der Waals surface area contributed by atoms with Crippen molar-refractivity contribution in [2.45, 2.75) is 123 Å². The lowest BCUT2D eigenvalue weighted by Gasteiger charge is -2.66. The second-order valence-corrected chi connectivity index (χ2v) is 16.1.